The second kappa shape index (κ2) is 9.33. The summed E-state index contributed by atoms with van der Waals surface area (Å²) in [6, 6.07) is 15.4. The highest BCUT2D eigenvalue weighted by molar-refractivity contribution is 6.32. The minimum absolute atomic E-state index is 0.173. The smallest absolute Gasteiger partial charge is 0.261 e. The fourth-order valence-corrected chi connectivity index (χ4v) is 2.71. The maximum atomic E-state index is 12.2. The minimum atomic E-state index is -0.616. The molecule has 4 nitrogen and oxygen atoms in total. The molecule has 25 heavy (non-hydrogen) atoms. The Kier molecular flexibility index (Phi) is 7.14. The molecular weight excluding hydrogens is 336 g/mol. The van der Waals surface area contributed by atoms with Crippen molar-refractivity contribution in [3.63, 3.8) is 0 Å². The van der Waals surface area contributed by atoms with Gasteiger partial charge in [-0.25, -0.2) is 0 Å². The highest BCUT2D eigenvalue weighted by Gasteiger charge is 2.15. The number of benzene rings is 2. The first-order valence-electron chi connectivity index (χ1n) is 8.58. The molecule has 0 saturated heterocycles. The molecule has 1 atom stereocenters. The zero-order valence-corrected chi connectivity index (χ0v) is 15.7. The average molecular weight is 361 g/mol. The monoisotopic (exact) mass is 360 g/mol. The summed E-state index contributed by atoms with van der Waals surface area (Å²) in [4.78, 5) is 14.5. The fraction of sp³-hybridized carbons (Fsp3) is 0.350. The lowest BCUT2D eigenvalue weighted by atomic mass is 10.2. The van der Waals surface area contributed by atoms with Gasteiger partial charge in [0, 0.05) is 25.3 Å². The highest BCUT2D eigenvalue weighted by Crippen LogP contribution is 2.24. The predicted octanol–water partition coefficient (Wildman–Crippen LogP) is 4.27. The van der Waals surface area contributed by atoms with E-state index in [0.717, 1.165) is 18.7 Å². The third kappa shape index (κ3) is 5.40. The molecule has 1 N–H and O–H groups in total. The molecule has 0 saturated carbocycles. The second-order valence-electron chi connectivity index (χ2n) is 5.75. The van der Waals surface area contributed by atoms with Gasteiger partial charge < -0.3 is 15.0 Å². The summed E-state index contributed by atoms with van der Waals surface area (Å²) in [6.45, 7) is 8.40. The molecule has 0 radical (unpaired) electrons. The Morgan fingerprint density at radius 2 is 1.76 bits per heavy atom. The van der Waals surface area contributed by atoms with E-state index in [4.69, 9.17) is 16.3 Å². The highest BCUT2D eigenvalue weighted by atomic mass is 35.5. The van der Waals surface area contributed by atoms with E-state index >= 15 is 0 Å². The zero-order valence-electron chi connectivity index (χ0n) is 15.0. The lowest BCUT2D eigenvalue weighted by Crippen LogP contribution is -2.35. The number of halogens is 1. The van der Waals surface area contributed by atoms with Crippen LogP contribution < -0.4 is 15.0 Å². The molecule has 0 heterocycles. The number of carbonyl (C=O) groups is 1. The molecular formula is C20H25ClN2O2. The SMILES string of the molecule is CCN(CC)c1ccc(CNC(=O)[C@H](C)Oc2ccccc2Cl)cc1. The topological polar surface area (TPSA) is 41.6 Å². The molecule has 2 rings (SSSR count). The van der Waals surface area contributed by atoms with E-state index in [1.165, 1.54) is 5.69 Å². The van der Waals surface area contributed by atoms with Gasteiger partial charge in [-0.15, -0.1) is 0 Å². The van der Waals surface area contributed by atoms with Crippen LogP contribution in [0.5, 0.6) is 5.75 Å². The molecule has 1 amide bonds. The molecule has 0 aliphatic carbocycles. The molecule has 0 spiro atoms. The van der Waals surface area contributed by atoms with Gasteiger partial charge in [-0.1, -0.05) is 35.9 Å². The Bertz CT molecular complexity index is 684. The molecule has 0 aliphatic heterocycles. The number of carbonyl (C=O) groups excluding carboxylic acids is 1. The van der Waals surface area contributed by atoms with Crippen LogP contribution in [0.3, 0.4) is 0 Å². The van der Waals surface area contributed by atoms with Gasteiger partial charge in [0.25, 0.3) is 5.91 Å². The van der Waals surface area contributed by atoms with Crippen LogP contribution in [-0.4, -0.2) is 25.1 Å². The summed E-state index contributed by atoms with van der Waals surface area (Å²) in [6.07, 6.45) is -0.616. The molecule has 0 fully saturated rings. The Morgan fingerprint density at radius 3 is 2.36 bits per heavy atom. The van der Waals surface area contributed by atoms with Gasteiger partial charge in [-0.05, 0) is 50.6 Å². The quantitative estimate of drug-likeness (QED) is 0.764. The number of nitrogens with one attached hydrogen (secondary N) is 1. The van der Waals surface area contributed by atoms with Gasteiger partial charge in [0.15, 0.2) is 6.10 Å². The van der Waals surface area contributed by atoms with Crippen molar-refractivity contribution in [2.75, 3.05) is 18.0 Å². The average Bonchev–Trinajstić information content (AvgIpc) is 2.63. The number of amides is 1. The Labute approximate surface area is 154 Å². The molecule has 5 heteroatoms. The molecule has 134 valence electrons. The van der Waals surface area contributed by atoms with Crippen LogP contribution in [0, 0.1) is 0 Å². The van der Waals surface area contributed by atoms with Crippen molar-refractivity contribution in [1.82, 2.24) is 5.32 Å². The van der Waals surface area contributed by atoms with Crippen LogP contribution >= 0.6 is 11.6 Å². The molecule has 0 unspecified atom stereocenters. The summed E-state index contributed by atoms with van der Waals surface area (Å²) in [5, 5.41) is 3.39. The number of hydrogen-bond acceptors (Lipinski definition) is 3. The molecule has 0 bridgehead atoms. The summed E-state index contributed by atoms with van der Waals surface area (Å²) >= 11 is 6.05. The Balaban J connectivity index is 1.88. The van der Waals surface area contributed by atoms with Crippen molar-refractivity contribution >= 4 is 23.2 Å². The van der Waals surface area contributed by atoms with E-state index in [-0.39, 0.29) is 5.91 Å². The van der Waals surface area contributed by atoms with E-state index in [9.17, 15) is 4.79 Å². The molecule has 2 aromatic carbocycles. The number of nitrogens with zero attached hydrogens (tertiary/aromatic N) is 1. The van der Waals surface area contributed by atoms with Crippen molar-refractivity contribution in [2.24, 2.45) is 0 Å². The van der Waals surface area contributed by atoms with Crippen LogP contribution in [0.2, 0.25) is 5.02 Å². The normalized spacial score (nSPS) is 11.7. The third-order valence-electron chi connectivity index (χ3n) is 4.04. The predicted molar refractivity (Wildman–Crippen MR) is 103 cm³/mol. The van der Waals surface area contributed by atoms with E-state index in [2.05, 4.69) is 36.2 Å². The van der Waals surface area contributed by atoms with Crippen LogP contribution in [0.25, 0.3) is 0 Å². The van der Waals surface area contributed by atoms with Gasteiger partial charge in [-0.2, -0.15) is 0 Å². The van der Waals surface area contributed by atoms with Gasteiger partial charge >= 0.3 is 0 Å². The Hall–Kier alpha value is -2.20. The largest absolute Gasteiger partial charge is 0.479 e. The number of para-hydroxylation sites is 1. The summed E-state index contributed by atoms with van der Waals surface area (Å²) < 4.78 is 5.62. The van der Waals surface area contributed by atoms with Crippen molar-refractivity contribution < 1.29 is 9.53 Å². The van der Waals surface area contributed by atoms with Crippen LogP contribution in [0.4, 0.5) is 5.69 Å². The van der Waals surface area contributed by atoms with E-state index in [0.29, 0.717) is 17.3 Å². The third-order valence-corrected chi connectivity index (χ3v) is 4.35. The fourth-order valence-electron chi connectivity index (χ4n) is 2.53. The lowest BCUT2D eigenvalue weighted by Gasteiger charge is -2.21. The molecule has 2 aromatic rings. The van der Waals surface area contributed by atoms with Crippen LogP contribution in [0.15, 0.2) is 48.5 Å². The van der Waals surface area contributed by atoms with Crippen molar-refractivity contribution in [2.45, 2.75) is 33.4 Å². The van der Waals surface area contributed by atoms with Crippen LogP contribution in [-0.2, 0) is 11.3 Å². The summed E-state index contributed by atoms with van der Waals surface area (Å²) in [7, 11) is 0. The number of ether oxygens (including phenoxy) is 1. The maximum absolute atomic E-state index is 12.2. The van der Waals surface area contributed by atoms with Gasteiger partial charge in [0.1, 0.15) is 5.75 Å². The van der Waals surface area contributed by atoms with Crippen LogP contribution in [0.1, 0.15) is 26.3 Å². The first-order chi connectivity index (χ1) is 12.0. The van der Waals surface area contributed by atoms with Gasteiger partial charge in [0.05, 0.1) is 5.02 Å². The van der Waals surface area contributed by atoms with E-state index < -0.39 is 6.10 Å². The number of anilines is 1. The number of rotatable bonds is 8. The van der Waals surface area contributed by atoms with Crippen molar-refractivity contribution in [3.05, 3.63) is 59.1 Å². The lowest BCUT2D eigenvalue weighted by molar-refractivity contribution is -0.127. The first kappa shape index (κ1) is 19.1. The molecule has 0 aromatic heterocycles. The minimum Gasteiger partial charge on any atom is -0.479 e. The zero-order chi connectivity index (χ0) is 18.2. The van der Waals surface area contributed by atoms with Crippen molar-refractivity contribution in [3.8, 4) is 5.75 Å². The molecule has 0 aliphatic rings. The van der Waals surface area contributed by atoms with Gasteiger partial charge in [-0.3, -0.25) is 4.79 Å². The first-order valence-corrected chi connectivity index (χ1v) is 8.95. The Morgan fingerprint density at radius 1 is 1.12 bits per heavy atom. The number of hydrogen-bond donors (Lipinski definition) is 1. The summed E-state index contributed by atoms with van der Waals surface area (Å²) in [5.74, 6) is 0.336. The van der Waals surface area contributed by atoms with E-state index in [1.807, 2.05) is 24.3 Å². The van der Waals surface area contributed by atoms with Gasteiger partial charge in [0.2, 0.25) is 0 Å². The standard InChI is InChI=1S/C20H25ClN2O2/c1-4-23(5-2)17-12-10-16(11-13-17)14-22-20(24)15(3)25-19-9-7-6-8-18(19)21/h6-13,15H,4-5,14H2,1-3H3,(H,22,24)/t15-/m0/s1. The van der Waals surface area contributed by atoms with E-state index in [1.54, 1.807) is 19.1 Å². The maximum Gasteiger partial charge on any atom is 0.261 e. The van der Waals surface area contributed by atoms with Crippen molar-refractivity contribution in [1.29, 1.82) is 0 Å². The summed E-state index contributed by atoms with van der Waals surface area (Å²) in [5.41, 5.74) is 2.24. The second-order valence-corrected chi connectivity index (χ2v) is 6.15.